The lowest BCUT2D eigenvalue weighted by Crippen LogP contribution is -2.37. The smallest absolute Gasteiger partial charge is 0.254 e. The standard InChI is InChI=1S/C13H12ClFN4O2/c14-7-1-2-9(15)8(5-7)13(20)18-10-3-4-21-11(10)12-16-6-17-19-12/h1-2,5-6,10-11H,3-4H2,(H,18,20)(H,16,17,19)/t10-,11+/m0/s1. The fourth-order valence-corrected chi connectivity index (χ4v) is 2.45. The second-order valence-corrected chi connectivity index (χ2v) is 5.09. The Morgan fingerprint density at radius 1 is 1.52 bits per heavy atom. The van der Waals surface area contributed by atoms with Gasteiger partial charge in [0.05, 0.1) is 11.6 Å². The molecule has 1 aromatic heterocycles. The van der Waals surface area contributed by atoms with Crippen molar-refractivity contribution in [1.82, 2.24) is 20.5 Å². The topological polar surface area (TPSA) is 79.9 Å². The number of hydrogen-bond donors (Lipinski definition) is 2. The fraction of sp³-hybridized carbons (Fsp3) is 0.308. The van der Waals surface area contributed by atoms with Crippen molar-refractivity contribution in [3.63, 3.8) is 0 Å². The van der Waals surface area contributed by atoms with Gasteiger partial charge in [-0.25, -0.2) is 9.37 Å². The molecule has 2 heterocycles. The lowest BCUT2D eigenvalue weighted by molar-refractivity contribution is 0.0789. The van der Waals surface area contributed by atoms with Crippen molar-refractivity contribution < 1.29 is 13.9 Å². The molecule has 1 fully saturated rings. The summed E-state index contributed by atoms with van der Waals surface area (Å²) in [6, 6.07) is 3.55. The average molecular weight is 311 g/mol. The summed E-state index contributed by atoms with van der Waals surface area (Å²) in [5.74, 6) is -0.619. The van der Waals surface area contributed by atoms with Gasteiger partial charge >= 0.3 is 0 Å². The molecule has 0 unspecified atom stereocenters. The van der Waals surface area contributed by atoms with E-state index in [0.717, 1.165) is 6.07 Å². The maximum atomic E-state index is 13.7. The summed E-state index contributed by atoms with van der Waals surface area (Å²) in [5.41, 5.74) is -0.0919. The fourth-order valence-electron chi connectivity index (χ4n) is 2.28. The molecule has 0 spiro atoms. The number of aromatic amines is 1. The van der Waals surface area contributed by atoms with Crippen LogP contribution in [0.3, 0.4) is 0 Å². The number of halogens is 2. The van der Waals surface area contributed by atoms with Crippen molar-refractivity contribution in [3.05, 3.63) is 46.8 Å². The van der Waals surface area contributed by atoms with Crippen LogP contribution in [0.1, 0.15) is 28.7 Å². The van der Waals surface area contributed by atoms with Crippen LogP contribution in [0.2, 0.25) is 5.02 Å². The minimum Gasteiger partial charge on any atom is -0.368 e. The molecule has 1 aliphatic rings. The highest BCUT2D eigenvalue weighted by Gasteiger charge is 2.33. The van der Waals surface area contributed by atoms with E-state index >= 15 is 0 Å². The Morgan fingerprint density at radius 2 is 2.38 bits per heavy atom. The second kappa shape index (κ2) is 5.79. The van der Waals surface area contributed by atoms with Gasteiger partial charge in [0.15, 0.2) is 5.82 Å². The van der Waals surface area contributed by atoms with Gasteiger partial charge in [0.2, 0.25) is 0 Å². The van der Waals surface area contributed by atoms with Crippen LogP contribution < -0.4 is 5.32 Å². The van der Waals surface area contributed by atoms with Crippen molar-refractivity contribution in [2.45, 2.75) is 18.6 Å². The summed E-state index contributed by atoms with van der Waals surface area (Å²) in [6.45, 7) is 0.480. The van der Waals surface area contributed by atoms with Crippen molar-refractivity contribution in [2.24, 2.45) is 0 Å². The molecular weight excluding hydrogens is 299 g/mol. The Kier molecular flexibility index (Phi) is 3.85. The van der Waals surface area contributed by atoms with Gasteiger partial charge in [0.1, 0.15) is 18.2 Å². The van der Waals surface area contributed by atoms with Gasteiger partial charge in [0, 0.05) is 11.6 Å². The first-order valence-electron chi connectivity index (χ1n) is 6.38. The third-order valence-electron chi connectivity index (χ3n) is 3.28. The normalized spacial score (nSPS) is 21.4. The van der Waals surface area contributed by atoms with E-state index in [1.807, 2.05) is 0 Å². The van der Waals surface area contributed by atoms with Gasteiger partial charge < -0.3 is 10.1 Å². The number of carbonyl (C=O) groups is 1. The zero-order chi connectivity index (χ0) is 14.8. The Morgan fingerprint density at radius 3 is 3.14 bits per heavy atom. The molecule has 0 bridgehead atoms. The molecule has 1 saturated heterocycles. The van der Waals surface area contributed by atoms with Crippen LogP contribution in [0, 0.1) is 5.82 Å². The Balaban J connectivity index is 1.76. The van der Waals surface area contributed by atoms with Crippen molar-refractivity contribution in [2.75, 3.05) is 6.61 Å². The molecule has 0 aliphatic carbocycles. The van der Waals surface area contributed by atoms with Crippen LogP contribution in [0.5, 0.6) is 0 Å². The second-order valence-electron chi connectivity index (χ2n) is 4.65. The highest BCUT2D eigenvalue weighted by molar-refractivity contribution is 6.31. The number of hydrogen-bond acceptors (Lipinski definition) is 4. The van der Waals surface area contributed by atoms with Gasteiger partial charge in [-0.2, -0.15) is 5.10 Å². The number of H-pyrrole nitrogens is 1. The molecule has 110 valence electrons. The molecule has 0 radical (unpaired) electrons. The van der Waals surface area contributed by atoms with E-state index in [1.54, 1.807) is 0 Å². The summed E-state index contributed by atoms with van der Waals surface area (Å²) in [5, 5.41) is 9.52. The van der Waals surface area contributed by atoms with Crippen LogP contribution >= 0.6 is 11.6 Å². The third kappa shape index (κ3) is 2.88. The van der Waals surface area contributed by atoms with E-state index in [-0.39, 0.29) is 11.6 Å². The maximum absolute atomic E-state index is 13.7. The predicted octanol–water partition coefficient (Wildman–Crippen LogP) is 1.86. The summed E-state index contributed by atoms with van der Waals surface area (Å²) in [4.78, 5) is 16.2. The number of amides is 1. The summed E-state index contributed by atoms with van der Waals surface area (Å²) in [7, 11) is 0. The zero-order valence-corrected chi connectivity index (χ0v) is 11.6. The molecule has 6 nitrogen and oxygen atoms in total. The van der Waals surface area contributed by atoms with E-state index in [2.05, 4.69) is 20.5 Å². The Labute approximate surface area is 124 Å². The van der Waals surface area contributed by atoms with Gasteiger partial charge in [0.25, 0.3) is 5.91 Å². The molecular formula is C13H12ClFN4O2. The van der Waals surface area contributed by atoms with Gasteiger partial charge in [-0.3, -0.25) is 9.89 Å². The first-order valence-corrected chi connectivity index (χ1v) is 6.76. The molecule has 1 amide bonds. The summed E-state index contributed by atoms with van der Waals surface area (Å²) < 4.78 is 19.2. The molecule has 8 heteroatoms. The quantitative estimate of drug-likeness (QED) is 0.907. The Hall–Kier alpha value is -1.99. The van der Waals surface area contributed by atoms with Gasteiger partial charge in [-0.05, 0) is 24.6 Å². The van der Waals surface area contributed by atoms with Crippen LogP contribution in [0.4, 0.5) is 4.39 Å². The lowest BCUT2D eigenvalue weighted by Gasteiger charge is -2.18. The largest absolute Gasteiger partial charge is 0.368 e. The lowest BCUT2D eigenvalue weighted by atomic mass is 10.1. The molecule has 1 aromatic carbocycles. The SMILES string of the molecule is O=C(N[C@H]1CCO[C@H]1c1ncn[nH]1)c1cc(Cl)ccc1F. The number of nitrogens with one attached hydrogen (secondary N) is 2. The minimum atomic E-state index is -0.618. The highest BCUT2D eigenvalue weighted by atomic mass is 35.5. The van der Waals surface area contributed by atoms with E-state index in [0.29, 0.717) is 23.9 Å². The highest BCUT2D eigenvalue weighted by Crippen LogP contribution is 2.27. The minimum absolute atomic E-state index is 0.0919. The van der Waals surface area contributed by atoms with Crippen LogP contribution in [-0.2, 0) is 4.74 Å². The predicted molar refractivity (Wildman–Crippen MR) is 72.4 cm³/mol. The van der Waals surface area contributed by atoms with Gasteiger partial charge in [-0.15, -0.1) is 0 Å². The number of carbonyl (C=O) groups excluding carboxylic acids is 1. The maximum Gasteiger partial charge on any atom is 0.254 e. The van der Waals surface area contributed by atoms with Crippen LogP contribution in [-0.4, -0.2) is 33.7 Å². The monoisotopic (exact) mass is 310 g/mol. The number of aromatic nitrogens is 3. The van der Waals surface area contributed by atoms with Crippen molar-refractivity contribution >= 4 is 17.5 Å². The summed E-state index contributed by atoms with van der Waals surface area (Å²) >= 11 is 5.79. The number of rotatable bonds is 3. The molecule has 1 aliphatic heterocycles. The Bertz CT molecular complexity index is 650. The third-order valence-corrected chi connectivity index (χ3v) is 3.52. The number of ether oxygens (including phenoxy) is 1. The first kappa shape index (κ1) is 14.0. The molecule has 2 atom stereocenters. The molecule has 21 heavy (non-hydrogen) atoms. The first-order chi connectivity index (χ1) is 10.1. The van der Waals surface area contributed by atoms with Crippen molar-refractivity contribution in [1.29, 1.82) is 0 Å². The zero-order valence-electron chi connectivity index (χ0n) is 10.8. The van der Waals surface area contributed by atoms with E-state index in [9.17, 15) is 9.18 Å². The van der Waals surface area contributed by atoms with E-state index in [1.165, 1.54) is 18.5 Å². The summed E-state index contributed by atoms with van der Waals surface area (Å²) in [6.07, 6.45) is 1.56. The van der Waals surface area contributed by atoms with Crippen molar-refractivity contribution in [3.8, 4) is 0 Å². The van der Waals surface area contributed by atoms with Crippen LogP contribution in [0.15, 0.2) is 24.5 Å². The van der Waals surface area contributed by atoms with Gasteiger partial charge in [-0.1, -0.05) is 11.6 Å². The van der Waals surface area contributed by atoms with E-state index in [4.69, 9.17) is 16.3 Å². The average Bonchev–Trinajstić information content (AvgIpc) is 3.11. The number of benzene rings is 1. The molecule has 2 N–H and O–H groups in total. The molecule has 3 rings (SSSR count). The molecule has 0 saturated carbocycles. The molecule has 2 aromatic rings. The van der Waals surface area contributed by atoms with Crippen LogP contribution in [0.25, 0.3) is 0 Å². The van der Waals surface area contributed by atoms with E-state index < -0.39 is 17.8 Å². The number of nitrogens with zero attached hydrogens (tertiary/aromatic N) is 2.